The standard InChI is InChI=1S/C18H23N3O2S/c1-12-6-8-13(9-7-12)19-15(22)10-21(5)16(23)14-11-24-17(20-14)18(2,3)4/h6-9,11H,10H2,1-5H3,(H,19,22). The van der Waals surface area contributed by atoms with Gasteiger partial charge in [-0.05, 0) is 19.1 Å². The Morgan fingerprint density at radius 2 is 1.83 bits per heavy atom. The minimum absolute atomic E-state index is 0.0188. The second-order valence-corrected chi connectivity index (χ2v) is 7.72. The Labute approximate surface area is 146 Å². The van der Waals surface area contributed by atoms with Crippen LogP contribution in [0, 0.1) is 6.92 Å². The van der Waals surface area contributed by atoms with E-state index in [0.29, 0.717) is 5.69 Å². The lowest BCUT2D eigenvalue weighted by Gasteiger charge is -2.16. The number of rotatable bonds is 4. The van der Waals surface area contributed by atoms with E-state index in [4.69, 9.17) is 0 Å². The molecular weight excluding hydrogens is 322 g/mol. The molecule has 0 aliphatic rings. The summed E-state index contributed by atoms with van der Waals surface area (Å²) >= 11 is 1.47. The van der Waals surface area contributed by atoms with Crippen molar-refractivity contribution >= 4 is 28.8 Å². The van der Waals surface area contributed by atoms with Crippen molar-refractivity contribution < 1.29 is 9.59 Å². The SMILES string of the molecule is Cc1ccc(NC(=O)CN(C)C(=O)c2csc(C(C)(C)C)n2)cc1. The molecule has 0 atom stereocenters. The maximum atomic E-state index is 12.4. The molecule has 24 heavy (non-hydrogen) atoms. The number of carbonyl (C=O) groups excluding carboxylic acids is 2. The van der Waals surface area contributed by atoms with Gasteiger partial charge in [0.05, 0.1) is 11.6 Å². The Kier molecular flexibility index (Phi) is 5.39. The molecule has 0 fully saturated rings. The molecule has 128 valence electrons. The highest BCUT2D eigenvalue weighted by Gasteiger charge is 2.22. The molecule has 0 unspecified atom stereocenters. The minimum atomic E-state index is -0.249. The highest BCUT2D eigenvalue weighted by Crippen LogP contribution is 2.25. The minimum Gasteiger partial charge on any atom is -0.331 e. The lowest BCUT2D eigenvalue weighted by Crippen LogP contribution is -2.35. The molecule has 2 amide bonds. The van der Waals surface area contributed by atoms with Crippen molar-refractivity contribution in [3.05, 3.63) is 45.9 Å². The molecule has 5 nitrogen and oxygen atoms in total. The van der Waals surface area contributed by atoms with E-state index in [9.17, 15) is 9.59 Å². The van der Waals surface area contributed by atoms with Gasteiger partial charge in [-0.3, -0.25) is 9.59 Å². The van der Waals surface area contributed by atoms with E-state index >= 15 is 0 Å². The number of nitrogens with zero attached hydrogens (tertiary/aromatic N) is 2. The van der Waals surface area contributed by atoms with Crippen molar-refractivity contribution in [2.75, 3.05) is 18.9 Å². The fourth-order valence-electron chi connectivity index (χ4n) is 2.04. The number of anilines is 1. The molecule has 1 aromatic carbocycles. The molecule has 0 bridgehead atoms. The maximum absolute atomic E-state index is 12.4. The number of thiazole rings is 1. The molecule has 0 saturated heterocycles. The van der Waals surface area contributed by atoms with Crippen LogP contribution in [-0.4, -0.2) is 35.3 Å². The van der Waals surface area contributed by atoms with E-state index in [-0.39, 0.29) is 23.8 Å². The van der Waals surface area contributed by atoms with E-state index in [2.05, 4.69) is 31.1 Å². The summed E-state index contributed by atoms with van der Waals surface area (Å²) in [6.07, 6.45) is 0. The van der Waals surface area contributed by atoms with E-state index < -0.39 is 0 Å². The monoisotopic (exact) mass is 345 g/mol. The first-order chi connectivity index (χ1) is 11.2. The average molecular weight is 345 g/mol. The predicted molar refractivity (Wildman–Crippen MR) is 97.6 cm³/mol. The van der Waals surface area contributed by atoms with Crippen molar-refractivity contribution in [1.82, 2.24) is 9.88 Å². The molecule has 0 spiro atoms. The van der Waals surface area contributed by atoms with Gasteiger partial charge in [0, 0.05) is 23.5 Å². The molecule has 0 aliphatic heterocycles. The second-order valence-electron chi connectivity index (χ2n) is 6.86. The number of hydrogen-bond donors (Lipinski definition) is 1. The van der Waals surface area contributed by atoms with E-state index in [1.54, 1.807) is 12.4 Å². The molecule has 6 heteroatoms. The first kappa shape index (κ1) is 18.1. The zero-order valence-corrected chi connectivity index (χ0v) is 15.5. The van der Waals surface area contributed by atoms with Crippen LogP contribution in [0.2, 0.25) is 0 Å². The summed E-state index contributed by atoms with van der Waals surface area (Å²) in [5.74, 6) is -0.484. The second kappa shape index (κ2) is 7.13. The summed E-state index contributed by atoms with van der Waals surface area (Å²) < 4.78 is 0. The molecule has 1 aromatic heterocycles. The van der Waals surface area contributed by atoms with E-state index in [0.717, 1.165) is 16.3 Å². The van der Waals surface area contributed by atoms with Crippen molar-refractivity contribution in [2.24, 2.45) is 0 Å². The van der Waals surface area contributed by atoms with E-state index in [1.807, 2.05) is 31.2 Å². The molecule has 0 radical (unpaired) electrons. The van der Waals surface area contributed by atoms with Crippen LogP contribution in [0.25, 0.3) is 0 Å². The zero-order valence-electron chi connectivity index (χ0n) is 14.7. The number of benzene rings is 1. The van der Waals surface area contributed by atoms with Crippen LogP contribution in [0.15, 0.2) is 29.6 Å². The van der Waals surface area contributed by atoms with Crippen molar-refractivity contribution in [3.8, 4) is 0 Å². The summed E-state index contributed by atoms with van der Waals surface area (Å²) in [4.78, 5) is 30.3. The van der Waals surface area contributed by atoms with Crippen LogP contribution in [0.3, 0.4) is 0 Å². The highest BCUT2D eigenvalue weighted by atomic mass is 32.1. The quantitative estimate of drug-likeness (QED) is 0.923. The number of nitrogens with one attached hydrogen (secondary N) is 1. The zero-order chi connectivity index (χ0) is 17.9. The van der Waals surface area contributed by atoms with Crippen LogP contribution in [0.4, 0.5) is 5.69 Å². The normalized spacial score (nSPS) is 11.2. The number of hydrogen-bond acceptors (Lipinski definition) is 4. The van der Waals surface area contributed by atoms with E-state index in [1.165, 1.54) is 16.2 Å². The molecule has 1 heterocycles. The van der Waals surface area contributed by atoms with Gasteiger partial charge in [-0.1, -0.05) is 38.5 Å². The molecule has 1 N–H and O–H groups in total. The van der Waals surface area contributed by atoms with Gasteiger partial charge < -0.3 is 10.2 Å². The van der Waals surface area contributed by atoms with Gasteiger partial charge in [0.1, 0.15) is 5.69 Å². The van der Waals surface area contributed by atoms with Gasteiger partial charge >= 0.3 is 0 Å². The molecule has 2 aromatic rings. The molecular formula is C18H23N3O2S. The molecule has 0 aliphatic carbocycles. The van der Waals surface area contributed by atoms with Crippen LogP contribution in [0.1, 0.15) is 41.8 Å². The van der Waals surface area contributed by atoms with Crippen LogP contribution in [-0.2, 0) is 10.2 Å². The smallest absolute Gasteiger partial charge is 0.273 e. The topological polar surface area (TPSA) is 62.3 Å². The largest absolute Gasteiger partial charge is 0.331 e. The summed E-state index contributed by atoms with van der Waals surface area (Å²) in [5.41, 5.74) is 2.13. The predicted octanol–water partition coefficient (Wildman–Crippen LogP) is 3.46. The van der Waals surface area contributed by atoms with Crippen molar-refractivity contribution in [1.29, 1.82) is 0 Å². The lowest BCUT2D eigenvalue weighted by atomic mass is 9.98. The van der Waals surface area contributed by atoms with Gasteiger partial charge in [0.25, 0.3) is 5.91 Å². The van der Waals surface area contributed by atoms with Crippen molar-refractivity contribution in [3.63, 3.8) is 0 Å². The Morgan fingerprint density at radius 3 is 2.38 bits per heavy atom. The number of carbonyl (C=O) groups is 2. The third-order valence-corrected chi connectivity index (χ3v) is 4.70. The summed E-state index contributed by atoms with van der Waals surface area (Å²) in [7, 11) is 1.60. The number of aromatic nitrogens is 1. The molecule has 0 saturated carbocycles. The van der Waals surface area contributed by atoms with Gasteiger partial charge in [-0.15, -0.1) is 11.3 Å². The van der Waals surface area contributed by atoms with Crippen LogP contribution < -0.4 is 5.32 Å². The van der Waals surface area contributed by atoms with Gasteiger partial charge in [0.2, 0.25) is 5.91 Å². The van der Waals surface area contributed by atoms with Gasteiger partial charge in [-0.25, -0.2) is 4.98 Å². The number of aryl methyl sites for hydroxylation is 1. The number of likely N-dealkylation sites (N-methyl/N-ethyl adjacent to an activating group) is 1. The maximum Gasteiger partial charge on any atom is 0.273 e. The van der Waals surface area contributed by atoms with Crippen LogP contribution in [0.5, 0.6) is 0 Å². The third kappa shape index (κ3) is 4.64. The first-order valence-electron chi connectivity index (χ1n) is 7.75. The Balaban J connectivity index is 1.97. The number of amides is 2. The van der Waals surface area contributed by atoms with Crippen molar-refractivity contribution in [2.45, 2.75) is 33.1 Å². The van der Waals surface area contributed by atoms with Gasteiger partial charge in [0.15, 0.2) is 0 Å². The fourth-order valence-corrected chi connectivity index (χ4v) is 2.92. The third-order valence-electron chi connectivity index (χ3n) is 3.43. The summed E-state index contributed by atoms with van der Waals surface area (Å²) in [6, 6.07) is 7.53. The highest BCUT2D eigenvalue weighted by molar-refractivity contribution is 7.10. The lowest BCUT2D eigenvalue weighted by molar-refractivity contribution is -0.116. The Hall–Kier alpha value is -2.21. The Bertz CT molecular complexity index is 729. The molecule has 2 rings (SSSR count). The average Bonchev–Trinajstić information content (AvgIpc) is 2.98. The van der Waals surface area contributed by atoms with Gasteiger partial charge in [-0.2, -0.15) is 0 Å². The fraction of sp³-hybridized carbons (Fsp3) is 0.389. The first-order valence-corrected chi connectivity index (χ1v) is 8.63. The Morgan fingerprint density at radius 1 is 1.21 bits per heavy atom. The summed E-state index contributed by atoms with van der Waals surface area (Å²) in [5, 5.41) is 5.44. The summed E-state index contributed by atoms with van der Waals surface area (Å²) in [6.45, 7) is 8.13. The van der Waals surface area contributed by atoms with Crippen LogP contribution >= 0.6 is 11.3 Å².